The SMILES string of the molecule is O=C1ONN(c2ccccc2)/C1=C\N=Nc1ncnc2nc[nH]c12. The van der Waals surface area contributed by atoms with E-state index in [4.69, 9.17) is 4.84 Å². The molecule has 1 aliphatic rings. The third kappa shape index (κ3) is 2.46. The number of para-hydroxylation sites is 1. The van der Waals surface area contributed by atoms with Gasteiger partial charge in [-0.1, -0.05) is 23.8 Å². The summed E-state index contributed by atoms with van der Waals surface area (Å²) < 4.78 is 0. The molecule has 0 aliphatic carbocycles. The number of H-pyrrole nitrogens is 1. The van der Waals surface area contributed by atoms with E-state index in [9.17, 15) is 4.79 Å². The molecule has 4 rings (SSSR count). The maximum absolute atomic E-state index is 11.8. The molecule has 3 aromatic rings. The summed E-state index contributed by atoms with van der Waals surface area (Å²) in [5, 5.41) is 9.38. The van der Waals surface area contributed by atoms with Gasteiger partial charge in [0.1, 0.15) is 11.8 Å². The number of carbonyl (C=O) groups is 1. The van der Waals surface area contributed by atoms with Gasteiger partial charge in [0.25, 0.3) is 0 Å². The van der Waals surface area contributed by atoms with Gasteiger partial charge in [-0.25, -0.2) is 24.8 Å². The van der Waals surface area contributed by atoms with Crippen LogP contribution in [-0.4, -0.2) is 25.9 Å². The Morgan fingerprint density at radius 1 is 1.17 bits per heavy atom. The number of imidazole rings is 1. The standard InChI is InChI=1S/C14H10N8O2/c23-14-10(22(21-24-14)9-4-2-1-3-5-9)6-19-20-13-11-12(16-7-15-11)17-8-18-13/h1-8,21H,(H,15,16,17,18)/b10-6-,20-19?. The first-order valence-electron chi connectivity index (χ1n) is 6.90. The summed E-state index contributed by atoms with van der Waals surface area (Å²) in [6.45, 7) is 0. The number of hydrogen-bond acceptors (Lipinski definition) is 9. The second kappa shape index (κ2) is 5.85. The molecule has 0 radical (unpaired) electrons. The van der Waals surface area contributed by atoms with E-state index in [0.717, 1.165) is 5.69 Å². The van der Waals surface area contributed by atoms with Gasteiger partial charge in [-0.3, -0.25) is 0 Å². The Hall–Kier alpha value is -3.66. The fraction of sp³-hybridized carbons (Fsp3) is 0. The minimum Gasteiger partial charge on any atom is -0.345 e. The largest absolute Gasteiger partial charge is 0.378 e. The summed E-state index contributed by atoms with van der Waals surface area (Å²) in [5.41, 5.74) is 4.49. The smallest absolute Gasteiger partial charge is 0.345 e. The minimum absolute atomic E-state index is 0.194. The van der Waals surface area contributed by atoms with Crippen LogP contribution in [0.15, 0.2) is 65.1 Å². The van der Waals surface area contributed by atoms with Crippen LogP contribution in [-0.2, 0) is 9.63 Å². The molecule has 10 heteroatoms. The molecule has 1 aromatic carbocycles. The minimum atomic E-state index is -0.563. The highest BCUT2D eigenvalue weighted by Gasteiger charge is 2.29. The molecule has 1 fully saturated rings. The molecule has 3 heterocycles. The molecule has 1 aliphatic heterocycles. The zero-order valence-electron chi connectivity index (χ0n) is 12.1. The summed E-state index contributed by atoms with van der Waals surface area (Å²) in [5.74, 6) is -0.243. The fourth-order valence-corrected chi connectivity index (χ4v) is 2.13. The van der Waals surface area contributed by atoms with E-state index in [1.165, 1.54) is 23.9 Å². The van der Waals surface area contributed by atoms with E-state index in [1.807, 2.05) is 30.3 Å². The molecule has 1 saturated heterocycles. The molecule has 24 heavy (non-hydrogen) atoms. The van der Waals surface area contributed by atoms with Crippen molar-refractivity contribution in [2.24, 2.45) is 10.2 Å². The van der Waals surface area contributed by atoms with Crippen molar-refractivity contribution in [3.8, 4) is 0 Å². The topological polar surface area (TPSA) is 121 Å². The Kier molecular flexibility index (Phi) is 3.41. The molecule has 0 amide bonds. The van der Waals surface area contributed by atoms with Crippen LogP contribution in [0.25, 0.3) is 11.2 Å². The number of benzene rings is 1. The van der Waals surface area contributed by atoms with Gasteiger partial charge in [0, 0.05) is 0 Å². The van der Waals surface area contributed by atoms with E-state index >= 15 is 0 Å². The number of aromatic amines is 1. The van der Waals surface area contributed by atoms with Crippen LogP contribution in [0.4, 0.5) is 11.5 Å². The first-order chi connectivity index (χ1) is 11.8. The van der Waals surface area contributed by atoms with Crippen LogP contribution in [0.5, 0.6) is 0 Å². The Bertz CT molecular complexity index is 950. The van der Waals surface area contributed by atoms with E-state index < -0.39 is 5.97 Å². The van der Waals surface area contributed by atoms with Crippen molar-refractivity contribution in [2.75, 3.05) is 5.01 Å². The molecule has 0 unspecified atom stereocenters. The zero-order valence-corrected chi connectivity index (χ0v) is 12.1. The zero-order chi connectivity index (χ0) is 16.4. The van der Waals surface area contributed by atoms with Gasteiger partial charge >= 0.3 is 5.97 Å². The Labute approximate surface area is 134 Å². The summed E-state index contributed by atoms with van der Waals surface area (Å²) in [6.07, 6.45) is 4.12. The number of nitrogens with one attached hydrogen (secondary N) is 2. The summed E-state index contributed by atoms with van der Waals surface area (Å²) in [7, 11) is 0. The highest BCUT2D eigenvalue weighted by molar-refractivity contribution is 5.94. The highest BCUT2D eigenvalue weighted by atomic mass is 16.7. The lowest BCUT2D eigenvalue weighted by atomic mass is 10.3. The van der Waals surface area contributed by atoms with Crippen LogP contribution < -0.4 is 10.6 Å². The molecule has 2 aromatic heterocycles. The predicted molar refractivity (Wildman–Crippen MR) is 82.4 cm³/mol. The third-order valence-corrected chi connectivity index (χ3v) is 3.23. The quantitative estimate of drug-likeness (QED) is 0.556. The number of carbonyl (C=O) groups excluding carboxylic acids is 1. The molecule has 0 saturated carbocycles. The number of hydrogen-bond donors (Lipinski definition) is 2. The normalized spacial score (nSPS) is 16.4. The van der Waals surface area contributed by atoms with E-state index in [2.05, 4.69) is 35.8 Å². The predicted octanol–water partition coefficient (Wildman–Crippen LogP) is 1.76. The van der Waals surface area contributed by atoms with Crippen LogP contribution in [0.2, 0.25) is 0 Å². The summed E-state index contributed by atoms with van der Waals surface area (Å²) in [4.78, 5) is 31.6. The van der Waals surface area contributed by atoms with Gasteiger partial charge in [0.15, 0.2) is 11.3 Å². The summed E-state index contributed by atoms with van der Waals surface area (Å²) >= 11 is 0. The lowest BCUT2D eigenvalue weighted by Crippen LogP contribution is -2.28. The van der Waals surface area contributed by atoms with Gasteiger partial charge in [-0.2, -0.15) is 5.11 Å². The van der Waals surface area contributed by atoms with Crippen molar-refractivity contribution in [1.29, 1.82) is 0 Å². The van der Waals surface area contributed by atoms with Crippen LogP contribution in [0.3, 0.4) is 0 Å². The van der Waals surface area contributed by atoms with Crippen molar-refractivity contribution in [3.63, 3.8) is 0 Å². The van der Waals surface area contributed by atoms with Crippen LogP contribution >= 0.6 is 0 Å². The van der Waals surface area contributed by atoms with Gasteiger partial charge in [-0.05, 0) is 12.1 Å². The number of rotatable bonds is 3. The number of fused-ring (bicyclic) bond motifs is 1. The maximum Gasteiger partial charge on any atom is 0.378 e. The van der Waals surface area contributed by atoms with E-state index in [1.54, 1.807) is 0 Å². The average Bonchev–Trinajstić information content (AvgIpc) is 3.23. The van der Waals surface area contributed by atoms with Crippen molar-refractivity contribution >= 4 is 28.6 Å². The highest BCUT2D eigenvalue weighted by Crippen LogP contribution is 2.22. The second-order valence-electron chi connectivity index (χ2n) is 4.68. The Morgan fingerprint density at radius 3 is 2.92 bits per heavy atom. The number of aromatic nitrogens is 4. The first kappa shape index (κ1) is 14.0. The van der Waals surface area contributed by atoms with Crippen LogP contribution in [0, 0.1) is 0 Å². The molecule has 0 spiro atoms. The lowest BCUT2D eigenvalue weighted by Gasteiger charge is -2.14. The Balaban J connectivity index is 1.64. The van der Waals surface area contributed by atoms with Gasteiger partial charge in [0.2, 0.25) is 5.82 Å². The van der Waals surface area contributed by atoms with Gasteiger partial charge in [0.05, 0.1) is 18.2 Å². The van der Waals surface area contributed by atoms with Crippen molar-refractivity contribution < 1.29 is 9.63 Å². The molecule has 0 bridgehead atoms. The maximum atomic E-state index is 11.8. The average molecular weight is 322 g/mol. The van der Waals surface area contributed by atoms with Crippen molar-refractivity contribution in [2.45, 2.75) is 0 Å². The fourth-order valence-electron chi connectivity index (χ4n) is 2.13. The van der Waals surface area contributed by atoms with Crippen molar-refractivity contribution in [3.05, 3.63) is 54.9 Å². The molecule has 10 nitrogen and oxygen atoms in total. The third-order valence-electron chi connectivity index (χ3n) is 3.23. The second-order valence-corrected chi connectivity index (χ2v) is 4.68. The molecule has 0 atom stereocenters. The van der Waals surface area contributed by atoms with Gasteiger partial charge < -0.3 is 9.82 Å². The number of azo groups is 1. The first-order valence-corrected chi connectivity index (χ1v) is 6.90. The molecule has 2 N–H and O–H groups in total. The molecular weight excluding hydrogens is 312 g/mol. The van der Waals surface area contributed by atoms with Gasteiger partial charge in [-0.15, -0.1) is 5.11 Å². The van der Waals surface area contributed by atoms with Crippen molar-refractivity contribution in [1.82, 2.24) is 25.5 Å². The van der Waals surface area contributed by atoms with Crippen LogP contribution in [0.1, 0.15) is 0 Å². The number of hydrazine groups is 1. The monoisotopic (exact) mass is 322 g/mol. The number of anilines is 1. The Morgan fingerprint density at radius 2 is 2.04 bits per heavy atom. The summed E-state index contributed by atoms with van der Waals surface area (Å²) in [6, 6.07) is 9.19. The van der Waals surface area contributed by atoms with E-state index in [-0.39, 0.29) is 5.70 Å². The van der Waals surface area contributed by atoms with E-state index in [0.29, 0.717) is 17.0 Å². The number of nitrogens with zero attached hydrogens (tertiary/aromatic N) is 6. The lowest BCUT2D eigenvalue weighted by molar-refractivity contribution is -0.140. The molecular formula is C14H10N8O2. The molecule has 118 valence electrons.